The number of amides is 2. The molecule has 0 unspecified atom stereocenters. The average Bonchev–Trinajstić information content (AvgIpc) is 2.93. The quantitative estimate of drug-likeness (QED) is 0.339. The fourth-order valence-corrected chi connectivity index (χ4v) is 5.51. The number of carbonyl (C=O) groups excluding carboxylic acids is 2. The second-order valence-electron chi connectivity index (χ2n) is 9.49. The van der Waals surface area contributed by atoms with Crippen molar-refractivity contribution in [1.29, 1.82) is 0 Å². The maximum atomic E-state index is 13.9. The summed E-state index contributed by atoms with van der Waals surface area (Å²) in [4.78, 5) is 28.3. The van der Waals surface area contributed by atoms with Crippen LogP contribution in [0.1, 0.15) is 26.3 Å². The summed E-state index contributed by atoms with van der Waals surface area (Å²) < 4.78 is 33.8. The van der Waals surface area contributed by atoms with Crippen LogP contribution in [0, 0.1) is 5.92 Å². The summed E-state index contributed by atoms with van der Waals surface area (Å²) in [6.45, 7) is 5.57. The highest BCUT2D eigenvalue weighted by molar-refractivity contribution is 7.92. The van der Waals surface area contributed by atoms with E-state index in [0.717, 1.165) is 4.31 Å². The predicted molar refractivity (Wildman–Crippen MR) is 153 cm³/mol. The van der Waals surface area contributed by atoms with Gasteiger partial charge in [-0.05, 0) is 66.9 Å². The molecule has 39 heavy (non-hydrogen) atoms. The minimum atomic E-state index is -4.13. The smallest absolute Gasteiger partial charge is 0.264 e. The van der Waals surface area contributed by atoms with E-state index in [9.17, 15) is 18.0 Å². The molecule has 0 saturated carbocycles. The Morgan fingerprint density at radius 1 is 0.949 bits per heavy atom. The number of sulfonamides is 1. The zero-order valence-corrected chi connectivity index (χ0v) is 24.1. The van der Waals surface area contributed by atoms with Crippen molar-refractivity contribution in [3.05, 3.63) is 89.4 Å². The van der Waals surface area contributed by atoms with Gasteiger partial charge in [0, 0.05) is 18.1 Å². The minimum absolute atomic E-state index is 0.0396. The van der Waals surface area contributed by atoms with Crippen LogP contribution in [0.4, 0.5) is 5.69 Å². The van der Waals surface area contributed by atoms with Gasteiger partial charge in [-0.2, -0.15) is 0 Å². The number of carbonyl (C=O) groups is 2. The maximum Gasteiger partial charge on any atom is 0.264 e. The van der Waals surface area contributed by atoms with Crippen molar-refractivity contribution in [3.63, 3.8) is 0 Å². The summed E-state index contributed by atoms with van der Waals surface area (Å²) >= 11 is 6.17. The van der Waals surface area contributed by atoms with E-state index in [1.807, 2.05) is 13.8 Å². The Labute approximate surface area is 235 Å². The summed E-state index contributed by atoms with van der Waals surface area (Å²) in [5, 5.41) is 3.35. The van der Waals surface area contributed by atoms with Gasteiger partial charge in [-0.15, -0.1) is 0 Å². The van der Waals surface area contributed by atoms with Crippen LogP contribution in [0.25, 0.3) is 0 Å². The molecule has 0 saturated heterocycles. The SMILES string of the molecule is COc1ccc(N(CC(=O)N(Cc2cccc(Cl)c2)[C@H](C)C(=O)NCC(C)C)S(=O)(=O)c2ccccc2)cc1. The highest BCUT2D eigenvalue weighted by Gasteiger charge is 2.32. The number of hydrogen-bond donors (Lipinski definition) is 1. The van der Waals surface area contributed by atoms with Crippen LogP contribution in [0.5, 0.6) is 5.75 Å². The monoisotopic (exact) mass is 571 g/mol. The van der Waals surface area contributed by atoms with E-state index in [-0.39, 0.29) is 29.0 Å². The highest BCUT2D eigenvalue weighted by atomic mass is 35.5. The molecule has 3 rings (SSSR count). The molecule has 8 nitrogen and oxygen atoms in total. The third-order valence-electron chi connectivity index (χ3n) is 6.06. The van der Waals surface area contributed by atoms with E-state index in [1.165, 1.54) is 24.1 Å². The van der Waals surface area contributed by atoms with Gasteiger partial charge in [0.2, 0.25) is 11.8 Å². The van der Waals surface area contributed by atoms with Gasteiger partial charge >= 0.3 is 0 Å². The number of nitrogens with zero attached hydrogens (tertiary/aromatic N) is 2. The van der Waals surface area contributed by atoms with Crippen LogP contribution in [0.2, 0.25) is 5.02 Å². The van der Waals surface area contributed by atoms with Crippen LogP contribution in [-0.4, -0.2) is 51.4 Å². The first-order valence-electron chi connectivity index (χ1n) is 12.6. The molecule has 10 heteroatoms. The topological polar surface area (TPSA) is 96.0 Å². The minimum Gasteiger partial charge on any atom is -0.497 e. The lowest BCUT2D eigenvalue weighted by atomic mass is 10.1. The van der Waals surface area contributed by atoms with Crippen molar-refractivity contribution in [2.24, 2.45) is 5.92 Å². The summed E-state index contributed by atoms with van der Waals surface area (Å²) in [6, 6.07) is 20.4. The third kappa shape index (κ3) is 7.97. The van der Waals surface area contributed by atoms with E-state index >= 15 is 0 Å². The summed E-state index contributed by atoms with van der Waals surface area (Å²) in [6.07, 6.45) is 0. The fraction of sp³-hybridized carbons (Fsp3) is 0.310. The largest absolute Gasteiger partial charge is 0.497 e. The van der Waals surface area contributed by atoms with Crippen molar-refractivity contribution < 1.29 is 22.7 Å². The molecule has 0 aliphatic heterocycles. The number of nitrogens with one attached hydrogen (secondary N) is 1. The van der Waals surface area contributed by atoms with E-state index in [2.05, 4.69) is 5.32 Å². The molecule has 0 aromatic heterocycles. The van der Waals surface area contributed by atoms with Crippen LogP contribution in [-0.2, 0) is 26.2 Å². The van der Waals surface area contributed by atoms with Crippen LogP contribution >= 0.6 is 11.6 Å². The predicted octanol–water partition coefficient (Wildman–Crippen LogP) is 4.73. The van der Waals surface area contributed by atoms with Gasteiger partial charge < -0.3 is 15.0 Å². The zero-order chi connectivity index (χ0) is 28.6. The first-order valence-corrected chi connectivity index (χ1v) is 14.4. The van der Waals surface area contributed by atoms with Gasteiger partial charge in [0.15, 0.2) is 0 Å². The molecule has 0 spiro atoms. The van der Waals surface area contributed by atoms with E-state index in [0.29, 0.717) is 22.9 Å². The molecule has 0 heterocycles. The lowest BCUT2D eigenvalue weighted by Crippen LogP contribution is -2.51. The lowest BCUT2D eigenvalue weighted by Gasteiger charge is -2.32. The summed E-state index contributed by atoms with van der Waals surface area (Å²) in [5.74, 6) is -0.113. The van der Waals surface area contributed by atoms with Crippen molar-refractivity contribution in [2.45, 2.75) is 38.3 Å². The van der Waals surface area contributed by atoms with E-state index < -0.39 is 28.5 Å². The number of ether oxygens (including phenoxy) is 1. The Kier molecular flexibility index (Phi) is 10.4. The van der Waals surface area contributed by atoms with Gasteiger partial charge in [-0.3, -0.25) is 13.9 Å². The Balaban J connectivity index is 2.00. The Hall–Kier alpha value is -3.56. The zero-order valence-electron chi connectivity index (χ0n) is 22.5. The van der Waals surface area contributed by atoms with E-state index in [1.54, 1.807) is 73.7 Å². The average molecular weight is 572 g/mol. The Morgan fingerprint density at radius 2 is 1.62 bits per heavy atom. The summed E-state index contributed by atoms with van der Waals surface area (Å²) in [5.41, 5.74) is 0.994. The Bertz CT molecular complexity index is 1370. The molecule has 1 atom stereocenters. The fourth-order valence-electron chi connectivity index (χ4n) is 3.86. The molecular formula is C29H34ClN3O5S. The second-order valence-corrected chi connectivity index (χ2v) is 11.8. The number of rotatable bonds is 12. The molecule has 3 aromatic rings. The van der Waals surface area contributed by atoms with Crippen molar-refractivity contribution in [2.75, 3.05) is 24.5 Å². The van der Waals surface area contributed by atoms with Crippen molar-refractivity contribution in [3.8, 4) is 5.75 Å². The molecule has 3 aromatic carbocycles. The number of anilines is 1. The standard InChI is InChI=1S/C29H34ClN3O5S/c1-21(2)18-31-29(35)22(3)32(19-23-9-8-10-24(30)17-23)28(34)20-33(25-13-15-26(38-4)16-14-25)39(36,37)27-11-6-5-7-12-27/h5-17,21-22H,18-20H2,1-4H3,(H,31,35)/t22-/m1/s1. The molecule has 208 valence electrons. The molecule has 2 amide bonds. The molecule has 0 bridgehead atoms. The van der Waals surface area contributed by atoms with Crippen LogP contribution < -0.4 is 14.4 Å². The first-order chi connectivity index (χ1) is 18.5. The van der Waals surface area contributed by atoms with Crippen molar-refractivity contribution >= 4 is 39.1 Å². The van der Waals surface area contributed by atoms with Gasteiger partial charge in [0.1, 0.15) is 18.3 Å². The molecular weight excluding hydrogens is 538 g/mol. The van der Waals surface area contributed by atoms with Crippen LogP contribution in [0.3, 0.4) is 0 Å². The molecule has 0 aliphatic rings. The Morgan fingerprint density at radius 3 is 2.21 bits per heavy atom. The highest BCUT2D eigenvalue weighted by Crippen LogP contribution is 2.26. The third-order valence-corrected chi connectivity index (χ3v) is 8.09. The van der Waals surface area contributed by atoms with Gasteiger partial charge in [0.05, 0.1) is 17.7 Å². The molecule has 1 N–H and O–H groups in total. The number of methoxy groups -OCH3 is 1. The maximum absolute atomic E-state index is 13.9. The van der Waals surface area contributed by atoms with Crippen molar-refractivity contribution in [1.82, 2.24) is 10.2 Å². The number of halogens is 1. The number of hydrogen-bond acceptors (Lipinski definition) is 5. The van der Waals surface area contributed by atoms with Gasteiger partial charge in [-0.1, -0.05) is 55.8 Å². The van der Waals surface area contributed by atoms with Gasteiger partial charge in [0.25, 0.3) is 10.0 Å². The molecule has 0 fully saturated rings. The first kappa shape index (κ1) is 30.0. The lowest BCUT2D eigenvalue weighted by molar-refractivity contribution is -0.139. The van der Waals surface area contributed by atoms with Crippen LogP contribution in [0.15, 0.2) is 83.8 Å². The summed E-state index contributed by atoms with van der Waals surface area (Å²) in [7, 11) is -2.62. The number of benzene rings is 3. The normalized spacial score (nSPS) is 12.1. The molecule has 0 aliphatic carbocycles. The second kappa shape index (κ2) is 13.5. The van der Waals surface area contributed by atoms with E-state index in [4.69, 9.17) is 16.3 Å². The van der Waals surface area contributed by atoms with Gasteiger partial charge in [-0.25, -0.2) is 8.42 Å². The molecule has 0 radical (unpaired) electrons.